The van der Waals surface area contributed by atoms with E-state index in [1.54, 1.807) is 12.1 Å². The Balaban J connectivity index is 2.03. The van der Waals surface area contributed by atoms with Crippen LogP contribution in [0.3, 0.4) is 0 Å². The van der Waals surface area contributed by atoms with Gasteiger partial charge in [-0.3, -0.25) is 0 Å². The summed E-state index contributed by atoms with van der Waals surface area (Å²) in [6.07, 6.45) is 0. The second-order valence-electron chi connectivity index (χ2n) is 4.18. The van der Waals surface area contributed by atoms with Crippen LogP contribution in [0.2, 0.25) is 15.1 Å². The molecule has 1 N–H and O–H groups in total. The highest BCUT2D eigenvalue weighted by Gasteiger charge is 2.03. The van der Waals surface area contributed by atoms with Gasteiger partial charge in [-0.2, -0.15) is 0 Å². The van der Waals surface area contributed by atoms with Gasteiger partial charge in [0, 0.05) is 12.2 Å². The lowest BCUT2D eigenvalue weighted by molar-refractivity contribution is 0.340. The molecule has 0 fully saturated rings. The van der Waals surface area contributed by atoms with Crippen molar-refractivity contribution in [1.29, 1.82) is 0 Å². The Bertz CT molecular complexity index is 602. The molecule has 0 unspecified atom stereocenters. The minimum Gasteiger partial charge on any atom is -0.492 e. The quantitative estimate of drug-likeness (QED) is 0.764. The number of anilines is 1. The zero-order valence-corrected chi connectivity index (χ0v) is 13.2. The molecule has 0 heterocycles. The van der Waals surface area contributed by atoms with Crippen LogP contribution in [0.5, 0.6) is 5.75 Å². The van der Waals surface area contributed by atoms with Crippen LogP contribution in [0.25, 0.3) is 0 Å². The first-order chi connectivity index (χ1) is 9.60. The maximum Gasteiger partial charge on any atom is 0.137 e. The molecule has 2 nitrogen and oxygen atoms in total. The topological polar surface area (TPSA) is 21.3 Å². The zero-order valence-electron chi connectivity index (χ0n) is 10.9. The van der Waals surface area contributed by atoms with Gasteiger partial charge in [0.2, 0.25) is 0 Å². The van der Waals surface area contributed by atoms with Gasteiger partial charge in [-0.05, 0) is 42.8 Å². The summed E-state index contributed by atoms with van der Waals surface area (Å²) in [7, 11) is 0. The smallest absolute Gasteiger partial charge is 0.137 e. The number of rotatable bonds is 5. The van der Waals surface area contributed by atoms with Gasteiger partial charge in [0.1, 0.15) is 5.75 Å². The Hall–Kier alpha value is -1.09. The van der Waals surface area contributed by atoms with E-state index >= 15 is 0 Å². The molecule has 0 aliphatic heterocycles. The fraction of sp³-hybridized carbons (Fsp3) is 0.200. The molecule has 0 amide bonds. The molecule has 2 rings (SSSR count). The highest BCUT2D eigenvalue weighted by Crippen LogP contribution is 2.27. The van der Waals surface area contributed by atoms with E-state index in [0.29, 0.717) is 34.0 Å². The van der Waals surface area contributed by atoms with E-state index in [2.05, 4.69) is 5.32 Å². The maximum atomic E-state index is 6.14. The molecular formula is C15H14Cl3NO. The summed E-state index contributed by atoms with van der Waals surface area (Å²) in [5.41, 5.74) is 1.97. The molecule has 0 radical (unpaired) electrons. The second kappa shape index (κ2) is 7.07. The van der Waals surface area contributed by atoms with Gasteiger partial charge < -0.3 is 10.1 Å². The van der Waals surface area contributed by atoms with Gasteiger partial charge in [-0.1, -0.05) is 40.9 Å². The molecule has 0 saturated carbocycles. The number of benzene rings is 2. The average molecular weight is 331 g/mol. The molecule has 0 aliphatic rings. The van der Waals surface area contributed by atoms with Crippen LogP contribution in [0, 0.1) is 0 Å². The predicted molar refractivity (Wildman–Crippen MR) is 86.4 cm³/mol. The summed E-state index contributed by atoms with van der Waals surface area (Å²) in [5.74, 6) is 0.701. The number of hydrogen-bond acceptors (Lipinski definition) is 2. The van der Waals surface area contributed by atoms with E-state index in [1.165, 1.54) is 0 Å². The van der Waals surface area contributed by atoms with Crippen molar-refractivity contribution in [3.05, 3.63) is 57.0 Å². The Kier molecular flexibility index (Phi) is 5.41. The fourth-order valence-corrected chi connectivity index (χ4v) is 2.29. The third kappa shape index (κ3) is 3.95. The van der Waals surface area contributed by atoms with Crippen LogP contribution in [0.4, 0.5) is 5.69 Å². The van der Waals surface area contributed by atoms with Crippen LogP contribution >= 0.6 is 34.8 Å². The Labute approximate surface area is 133 Å². The molecule has 0 atom stereocenters. The van der Waals surface area contributed by atoms with Crippen molar-refractivity contribution in [2.75, 3.05) is 11.9 Å². The minimum atomic E-state index is 0.529. The molecule has 2 aromatic carbocycles. The van der Waals surface area contributed by atoms with Gasteiger partial charge in [0.15, 0.2) is 0 Å². The summed E-state index contributed by atoms with van der Waals surface area (Å²) in [4.78, 5) is 0. The monoisotopic (exact) mass is 329 g/mol. The SMILES string of the molecule is CCOc1ccc(CNc2ccc(Cl)c(Cl)c2)cc1Cl. The summed E-state index contributed by atoms with van der Waals surface area (Å²) in [6, 6.07) is 11.2. The van der Waals surface area contributed by atoms with Crippen molar-refractivity contribution in [2.24, 2.45) is 0 Å². The van der Waals surface area contributed by atoms with E-state index in [9.17, 15) is 0 Å². The number of halogens is 3. The minimum absolute atomic E-state index is 0.529. The summed E-state index contributed by atoms with van der Waals surface area (Å²) < 4.78 is 5.40. The van der Waals surface area contributed by atoms with E-state index in [4.69, 9.17) is 39.5 Å². The van der Waals surface area contributed by atoms with E-state index in [0.717, 1.165) is 11.3 Å². The van der Waals surface area contributed by atoms with Crippen LogP contribution < -0.4 is 10.1 Å². The van der Waals surface area contributed by atoms with Gasteiger partial charge in [-0.15, -0.1) is 0 Å². The first kappa shape index (κ1) is 15.3. The van der Waals surface area contributed by atoms with E-state index in [1.807, 2.05) is 31.2 Å². The molecule has 106 valence electrons. The molecular weight excluding hydrogens is 317 g/mol. The van der Waals surface area contributed by atoms with E-state index in [-0.39, 0.29) is 0 Å². The second-order valence-corrected chi connectivity index (χ2v) is 5.40. The van der Waals surface area contributed by atoms with Crippen molar-refractivity contribution in [3.63, 3.8) is 0 Å². The number of hydrogen-bond donors (Lipinski definition) is 1. The molecule has 5 heteroatoms. The predicted octanol–water partition coefficient (Wildman–Crippen LogP) is 5.66. The van der Waals surface area contributed by atoms with Gasteiger partial charge >= 0.3 is 0 Å². The molecule has 0 saturated heterocycles. The van der Waals surface area contributed by atoms with Gasteiger partial charge in [0.05, 0.1) is 21.7 Å². The van der Waals surface area contributed by atoms with Gasteiger partial charge in [0.25, 0.3) is 0 Å². The highest BCUT2D eigenvalue weighted by atomic mass is 35.5. The van der Waals surface area contributed by atoms with Crippen LogP contribution in [-0.4, -0.2) is 6.61 Å². The Morgan fingerprint density at radius 3 is 2.40 bits per heavy atom. The summed E-state index contributed by atoms with van der Waals surface area (Å²) in [5, 5.41) is 4.95. The number of ether oxygens (including phenoxy) is 1. The summed E-state index contributed by atoms with van der Waals surface area (Å²) in [6.45, 7) is 3.17. The largest absolute Gasteiger partial charge is 0.492 e. The van der Waals surface area contributed by atoms with Crippen LogP contribution in [-0.2, 0) is 6.54 Å². The molecule has 0 bridgehead atoms. The van der Waals surface area contributed by atoms with Crippen LogP contribution in [0.15, 0.2) is 36.4 Å². The first-order valence-electron chi connectivity index (χ1n) is 6.20. The lowest BCUT2D eigenvalue weighted by atomic mass is 10.2. The summed E-state index contributed by atoms with van der Waals surface area (Å²) >= 11 is 18.0. The van der Waals surface area contributed by atoms with Crippen LogP contribution in [0.1, 0.15) is 12.5 Å². The lowest BCUT2D eigenvalue weighted by Crippen LogP contribution is -2.00. The maximum absolute atomic E-state index is 6.14. The fourth-order valence-electron chi connectivity index (χ4n) is 1.74. The molecule has 2 aromatic rings. The molecule has 20 heavy (non-hydrogen) atoms. The Morgan fingerprint density at radius 2 is 1.75 bits per heavy atom. The molecule has 0 aromatic heterocycles. The van der Waals surface area contributed by atoms with E-state index < -0.39 is 0 Å². The first-order valence-corrected chi connectivity index (χ1v) is 7.33. The third-order valence-corrected chi connectivity index (χ3v) is 3.75. The van der Waals surface area contributed by atoms with Crippen molar-refractivity contribution in [2.45, 2.75) is 13.5 Å². The number of nitrogens with one attached hydrogen (secondary N) is 1. The normalized spacial score (nSPS) is 10.4. The lowest BCUT2D eigenvalue weighted by Gasteiger charge is -2.10. The highest BCUT2D eigenvalue weighted by molar-refractivity contribution is 6.42. The van der Waals surface area contributed by atoms with Crippen molar-refractivity contribution in [1.82, 2.24) is 0 Å². The third-order valence-electron chi connectivity index (χ3n) is 2.71. The van der Waals surface area contributed by atoms with Crippen molar-refractivity contribution < 1.29 is 4.74 Å². The molecule has 0 spiro atoms. The van der Waals surface area contributed by atoms with Crippen molar-refractivity contribution >= 4 is 40.5 Å². The zero-order chi connectivity index (χ0) is 14.5. The van der Waals surface area contributed by atoms with Gasteiger partial charge in [-0.25, -0.2) is 0 Å². The molecule has 0 aliphatic carbocycles. The standard InChI is InChI=1S/C15H14Cl3NO/c1-2-20-15-6-3-10(7-14(15)18)9-19-11-4-5-12(16)13(17)8-11/h3-8,19H,2,9H2,1H3. The average Bonchev–Trinajstić information content (AvgIpc) is 2.43. The Morgan fingerprint density at radius 1 is 0.950 bits per heavy atom. The van der Waals surface area contributed by atoms with Crippen molar-refractivity contribution in [3.8, 4) is 5.75 Å².